The standard InChI is InChI=1S/C6H10O2/c1-3-5(4-2)6(7)8/h3,5H,1,4H2,2H3,(H,7,8)/p-1. The molecule has 1 atom stereocenters. The maximum Gasteiger partial charge on any atom is 0.0482 e. The maximum atomic E-state index is 9.98. The van der Waals surface area contributed by atoms with Crippen molar-refractivity contribution in [2.75, 3.05) is 0 Å². The first kappa shape index (κ1) is 7.21. The summed E-state index contributed by atoms with van der Waals surface area (Å²) in [6.45, 7) is 5.11. The van der Waals surface area contributed by atoms with Crippen LogP contribution in [0.1, 0.15) is 13.3 Å². The fourth-order valence-electron chi connectivity index (χ4n) is 0.430. The molecule has 46 valence electrons. The van der Waals surface area contributed by atoms with Gasteiger partial charge in [-0.3, -0.25) is 0 Å². The van der Waals surface area contributed by atoms with E-state index in [1.165, 1.54) is 6.08 Å². The first-order chi connectivity index (χ1) is 3.72. The summed E-state index contributed by atoms with van der Waals surface area (Å²) in [7, 11) is 0. The monoisotopic (exact) mass is 113 g/mol. The second-order valence-corrected chi connectivity index (χ2v) is 1.57. The second-order valence-electron chi connectivity index (χ2n) is 1.57. The Balaban J connectivity index is 3.69. The highest BCUT2D eigenvalue weighted by Gasteiger charge is 1.98. The van der Waals surface area contributed by atoms with Crippen LogP contribution in [0.25, 0.3) is 0 Å². The normalized spacial score (nSPS) is 12.6. The molecule has 0 amide bonds. The molecular formula is C6H9O2-. The molecule has 0 aromatic carbocycles. The van der Waals surface area contributed by atoms with Crippen molar-refractivity contribution in [1.29, 1.82) is 0 Å². The fraction of sp³-hybridized carbons (Fsp3) is 0.500. The lowest BCUT2D eigenvalue weighted by atomic mass is 10.1. The van der Waals surface area contributed by atoms with Crippen molar-refractivity contribution in [3.05, 3.63) is 12.7 Å². The third-order valence-corrected chi connectivity index (χ3v) is 1.03. The molecule has 0 N–H and O–H groups in total. The van der Waals surface area contributed by atoms with Gasteiger partial charge in [0.05, 0.1) is 0 Å². The van der Waals surface area contributed by atoms with E-state index >= 15 is 0 Å². The minimum Gasteiger partial charge on any atom is -0.550 e. The number of hydrogen-bond donors (Lipinski definition) is 0. The van der Waals surface area contributed by atoms with E-state index in [1.807, 2.05) is 0 Å². The van der Waals surface area contributed by atoms with Gasteiger partial charge in [0, 0.05) is 11.9 Å². The summed E-state index contributed by atoms with van der Waals surface area (Å²) < 4.78 is 0. The number of carbonyl (C=O) groups is 1. The lowest BCUT2D eigenvalue weighted by molar-refractivity contribution is -0.309. The molecule has 0 aromatic heterocycles. The first-order valence-electron chi connectivity index (χ1n) is 2.55. The molecule has 0 bridgehead atoms. The Hall–Kier alpha value is -0.790. The molecule has 8 heavy (non-hydrogen) atoms. The van der Waals surface area contributed by atoms with Crippen molar-refractivity contribution in [1.82, 2.24) is 0 Å². The molecule has 0 aromatic rings. The third-order valence-electron chi connectivity index (χ3n) is 1.03. The van der Waals surface area contributed by atoms with E-state index in [4.69, 9.17) is 0 Å². The molecule has 0 saturated heterocycles. The van der Waals surface area contributed by atoms with Crippen molar-refractivity contribution >= 4 is 5.97 Å². The minimum absolute atomic E-state index is 0.477. The summed E-state index contributed by atoms with van der Waals surface area (Å²) in [5.74, 6) is -1.52. The zero-order valence-corrected chi connectivity index (χ0v) is 4.89. The molecule has 0 aliphatic rings. The average Bonchev–Trinajstić information content (AvgIpc) is 1.69. The lowest BCUT2D eigenvalue weighted by Gasteiger charge is -2.08. The number of carboxylic acids is 1. The smallest absolute Gasteiger partial charge is 0.0482 e. The molecular weight excluding hydrogens is 104 g/mol. The molecule has 0 fully saturated rings. The number of aliphatic carboxylic acids is 1. The Morgan fingerprint density at radius 2 is 2.50 bits per heavy atom. The largest absolute Gasteiger partial charge is 0.550 e. The van der Waals surface area contributed by atoms with Crippen LogP contribution >= 0.6 is 0 Å². The lowest BCUT2D eigenvalue weighted by Crippen LogP contribution is -2.29. The molecule has 0 spiro atoms. The number of rotatable bonds is 3. The van der Waals surface area contributed by atoms with Gasteiger partial charge in [0.25, 0.3) is 0 Å². The molecule has 0 heterocycles. The summed E-state index contributed by atoms with van der Waals surface area (Å²) in [4.78, 5) is 9.98. The number of carboxylic acid groups (broad SMARTS) is 1. The van der Waals surface area contributed by atoms with Crippen LogP contribution in [0.15, 0.2) is 12.7 Å². The van der Waals surface area contributed by atoms with Crippen LogP contribution in [0.3, 0.4) is 0 Å². The van der Waals surface area contributed by atoms with Gasteiger partial charge >= 0.3 is 0 Å². The van der Waals surface area contributed by atoms with Crippen LogP contribution in [-0.2, 0) is 4.79 Å². The Bertz CT molecular complexity index is 96.7. The highest BCUT2D eigenvalue weighted by Crippen LogP contribution is 1.99. The van der Waals surface area contributed by atoms with Crippen LogP contribution in [0.5, 0.6) is 0 Å². The Kier molecular flexibility index (Phi) is 2.92. The van der Waals surface area contributed by atoms with Gasteiger partial charge in [0.1, 0.15) is 0 Å². The van der Waals surface area contributed by atoms with E-state index in [0.29, 0.717) is 6.42 Å². The fourth-order valence-corrected chi connectivity index (χ4v) is 0.430. The van der Waals surface area contributed by atoms with E-state index in [1.54, 1.807) is 6.92 Å². The second kappa shape index (κ2) is 3.24. The number of hydrogen-bond acceptors (Lipinski definition) is 2. The highest BCUT2D eigenvalue weighted by atomic mass is 16.4. The van der Waals surface area contributed by atoms with Crippen molar-refractivity contribution in [2.45, 2.75) is 13.3 Å². The zero-order valence-electron chi connectivity index (χ0n) is 4.89. The molecule has 2 nitrogen and oxygen atoms in total. The van der Waals surface area contributed by atoms with Gasteiger partial charge in [0.15, 0.2) is 0 Å². The minimum atomic E-state index is -1.04. The summed E-state index contributed by atoms with van der Waals surface area (Å²) in [5, 5.41) is 9.98. The van der Waals surface area contributed by atoms with E-state index in [2.05, 4.69) is 6.58 Å². The molecule has 0 aliphatic heterocycles. The maximum absolute atomic E-state index is 9.98. The SMILES string of the molecule is C=CC(CC)C(=O)[O-]. The predicted molar refractivity (Wildman–Crippen MR) is 29.0 cm³/mol. The van der Waals surface area contributed by atoms with Gasteiger partial charge in [0.2, 0.25) is 0 Å². The van der Waals surface area contributed by atoms with Gasteiger partial charge in [-0.2, -0.15) is 0 Å². The number of carbonyl (C=O) groups excluding carboxylic acids is 1. The molecule has 0 radical (unpaired) electrons. The van der Waals surface area contributed by atoms with Crippen molar-refractivity contribution in [3.8, 4) is 0 Å². The van der Waals surface area contributed by atoms with Gasteiger partial charge in [-0.05, 0) is 6.42 Å². The van der Waals surface area contributed by atoms with Crippen molar-refractivity contribution in [2.24, 2.45) is 5.92 Å². The highest BCUT2D eigenvalue weighted by molar-refractivity contribution is 5.69. The zero-order chi connectivity index (χ0) is 6.57. The van der Waals surface area contributed by atoms with Crippen LogP contribution in [0.2, 0.25) is 0 Å². The first-order valence-corrected chi connectivity index (χ1v) is 2.55. The van der Waals surface area contributed by atoms with E-state index in [-0.39, 0.29) is 0 Å². The average molecular weight is 113 g/mol. The van der Waals surface area contributed by atoms with E-state index in [9.17, 15) is 9.90 Å². The van der Waals surface area contributed by atoms with Crippen molar-refractivity contribution < 1.29 is 9.90 Å². The van der Waals surface area contributed by atoms with Crippen LogP contribution < -0.4 is 5.11 Å². The molecule has 0 saturated carbocycles. The summed E-state index contributed by atoms with van der Waals surface area (Å²) >= 11 is 0. The van der Waals surface area contributed by atoms with Crippen LogP contribution in [0, 0.1) is 5.92 Å². The van der Waals surface area contributed by atoms with E-state index in [0.717, 1.165) is 0 Å². The third kappa shape index (κ3) is 1.78. The molecule has 1 unspecified atom stereocenters. The topological polar surface area (TPSA) is 40.1 Å². The Morgan fingerprint density at radius 1 is 2.00 bits per heavy atom. The van der Waals surface area contributed by atoms with Gasteiger partial charge in [-0.15, -0.1) is 6.58 Å². The summed E-state index contributed by atoms with van der Waals surface area (Å²) in [6, 6.07) is 0. The van der Waals surface area contributed by atoms with E-state index < -0.39 is 11.9 Å². The van der Waals surface area contributed by atoms with Gasteiger partial charge in [-0.1, -0.05) is 13.0 Å². The predicted octanol–water partition coefficient (Wildman–Crippen LogP) is -0.0515. The molecule has 0 aliphatic carbocycles. The van der Waals surface area contributed by atoms with Gasteiger partial charge < -0.3 is 9.90 Å². The summed E-state index contributed by atoms with van der Waals surface area (Å²) in [5.41, 5.74) is 0. The molecule has 0 rings (SSSR count). The summed E-state index contributed by atoms with van der Waals surface area (Å²) in [6.07, 6.45) is 1.95. The van der Waals surface area contributed by atoms with Gasteiger partial charge in [-0.25, -0.2) is 0 Å². The van der Waals surface area contributed by atoms with Crippen LogP contribution in [0.4, 0.5) is 0 Å². The van der Waals surface area contributed by atoms with Crippen molar-refractivity contribution in [3.63, 3.8) is 0 Å². The van der Waals surface area contributed by atoms with Crippen LogP contribution in [-0.4, -0.2) is 5.97 Å². The Labute approximate surface area is 48.8 Å². The quantitative estimate of drug-likeness (QED) is 0.481. The molecule has 2 heteroatoms. The Morgan fingerprint density at radius 3 is 2.50 bits per heavy atom.